The van der Waals surface area contributed by atoms with Gasteiger partial charge >= 0.3 is 0 Å². The van der Waals surface area contributed by atoms with E-state index in [9.17, 15) is 9.18 Å². The summed E-state index contributed by atoms with van der Waals surface area (Å²) in [6.45, 7) is 2.42. The number of amides is 1. The van der Waals surface area contributed by atoms with Gasteiger partial charge in [0.15, 0.2) is 11.8 Å². The van der Waals surface area contributed by atoms with Crippen molar-refractivity contribution in [3.8, 4) is 5.75 Å². The lowest BCUT2D eigenvalue weighted by atomic mass is 10.1. The van der Waals surface area contributed by atoms with Gasteiger partial charge in [0.25, 0.3) is 5.91 Å². The Hall–Kier alpha value is -2.87. The van der Waals surface area contributed by atoms with E-state index in [2.05, 4.69) is 20.8 Å². The molecule has 3 rings (SSSR count). The maximum Gasteiger partial charge on any atom is 0.277 e. The van der Waals surface area contributed by atoms with E-state index in [4.69, 9.17) is 4.74 Å². The van der Waals surface area contributed by atoms with Crippen LogP contribution in [0.25, 0.3) is 0 Å². The van der Waals surface area contributed by atoms with Crippen molar-refractivity contribution in [3.05, 3.63) is 59.9 Å². The standard InChI is InChI=1S/C20H21FN4O2S/c1-14(24-25-19(26)13-27-18-5-2-4-16(21)12-18)15-6-8-17(9-7-15)23-20-22-10-3-11-28-20/h2,4-9,12H,3,10-11,13H2,1H3,(H,22,23)(H,25,26)/b24-14-. The molecule has 2 aromatic carbocycles. The average molecular weight is 400 g/mol. The molecule has 0 spiro atoms. The molecule has 0 saturated carbocycles. The van der Waals surface area contributed by atoms with Gasteiger partial charge < -0.3 is 10.1 Å². The van der Waals surface area contributed by atoms with Crippen molar-refractivity contribution < 1.29 is 13.9 Å². The number of carbonyl (C=O) groups is 1. The Morgan fingerprint density at radius 1 is 1.29 bits per heavy atom. The number of hydrogen-bond donors (Lipinski definition) is 2. The highest BCUT2D eigenvalue weighted by atomic mass is 32.2. The number of thioether (sulfide) groups is 1. The number of nitrogens with zero attached hydrogens (tertiary/aromatic N) is 2. The third-order valence-corrected chi connectivity index (χ3v) is 4.86. The predicted molar refractivity (Wildman–Crippen MR) is 112 cm³/mol. The fourth-order valence-corrected chi connectivity index (χ4v) is 3.24. The minimum atomic E-state index is -0.422. The quantitative estimate of drug-likeness (QED) is 0.573. The number of nitrogens with one attached hydrogen (secondary N) is 2. The molecule has 0 radical (unpaired) electrons. The zero-order chi connectivity index (χ0) is 19.8. The van der Waals surface area contributed by atoms with Crippen LogP contribution in [0, 0.1) is 5.82 Å². The SMILES string of the molecule is C/C(=N/NC(=O)COc1cccc(F)c1)c1ccc(NC2=NCCCS2)cc1. The van der Waals surface area contributed by atoms with E-state index < -0.39 is 11.7 Å². The van der Waals surface area contributed by atoms with Crippen molar-refractivity contribution in [1.29, 1.82) is 0 Å². The van der Waals surface area contributed by atoms with Crippen LogP contribution in [0.15, 0.2) is 58.6 Å². The second-order valence-corrected chi connectivity index (χ2v) is 7.15. The largest absolute Gasteiger partial charge is 0.484 e. The first kappa shape index (κ1) is 19.9. The van der Waals surface area contributed by atoms with Crippen molar-refractivity contribution in [2.75, 3.05) is 24.2 Å². The zero-order valence-corrected chi connectivity index (χ0v) is 16.3. The first-order valence-electron chi connectivity index (χ1n) is 8.86. The molecule has 1 aliphatic heterocycles. The molecule has 1 amide bonds. The van der Waals surface area contributed by atoms with Crippen LogP contribution in [0.1, 0.15) is 18.9 Å². The Morgan fingerprint density at radius 3 is 2.82 bits per heavy atom. The first-order valence-corrected chi connectivity index (χ1v) is 9.85. The Morgan fingerprint density at radius 2 is 2.11 bits per heavy atom. The van der Waals surface area contributed by atoms with Gasteiger partial charge in [-0.05, 0) is 43.2 Å². The number of amidine groups is 1. The van der Waals surface area contributed by atoms with E-state index in [1.54, 1.807) is 24.8 Å². The Balaban J connectivity index is 1.49. The minimum Gasteiger partial charge on any atom is -0.484 e. The van der Waals surface area contributed by atoms with Gasteiger partial charge in [0, 0.05) is 24.1 Å². The van der Waals surface area contributed by atoms with Gasteiger partial charge in [-0.2, -0.15) is 5.10 Å². The number of anilines is 1. The summed E-state index contributed by atoms with van der Waals surface area (Å²) in [5.41, 5.74) is 4.94. The highest BCUT2D eigenvalue weighted by Crippen LogP contribution is 2.17. The van der Waals surface area contributed by atoms with Crippen LogP contribution in [0.2, 0.25) is 0 Å². The molecule has 2 aromatic rings. The van der Waals surface area contributed by atoms with Crippen LogP contribution < -0.4 is 15.5 Å². The molecule has 6 nitrogen and oxygen atoms in total. The van der Waals surface area contributed by atoms with Crippen LogP contribution in [0.4, 0.5) is 10.1 Å². The Labute approximate surface area is 167 Å². The topological polar surface area (TPSA) is 75.1 Å². The van der Waals surface area contributed by atoms with Gasteiger partial charge in [-0.15, -0.1) is 0 Å². The van der Waals surface area contributed by atoms with Crippen molar-refractivity contribution >= 4 is 34.2 Å². The number of halogens is 1. The number of ether oxygens (including phenoxy) is 1. The normalized spacial score (nSPS) is 14.2. The van der Waals surface area contributed by atoms with Gasteiger partial charge in [0.05, 0.1) is 5.71 Å². The molecule has 2 N–H and O–H groups in total. The van der Waals surface area contributed by atoms with Crippen molar-refractivity contribution in [3.63, 3.8) is 0 Å². The van der Waals surface area contributed by atoms with Gasteiger partial charge in [0.2, 0.25) is 0 Å². The highest BCUT2D eigenvalue weighted by Gasteiger charge is 2.07. The highest BCUT2D eigenvalue weighted by molar-refractivity contribution is 8.14. The monoisotopic (exact) mass is 400 g/mol. The number of carbonyl (C=O) groups excluding carboxylic acids is 1. The molecule has 8 heteroatoms. The summed E-state index contributed by atoms with van der Waals surface area (Å²) in [7, 11) is 0. The molecule has 28 heavy (non-hydrogen) atoms. The molecule has 0 atom stereocenters. The molecule has 0 fully saturated rings. The van der Waals surface area contributed by atoms with Crippen molar-refractivity contribution in [2.24, 2.45) is 10.1 Å². The molecule has 0 aliphatic carbocycles. The second kappa shape index (κ2) is 9.89. The van der Waals surface area contributed by atoms with Crippen molar-refractivity contribution in [2.45, 2.75) is 13.3 Å². The minimum absolute atomic E-state index is 0.247. The lowest BCUT2D eigenvalue weighted by Crippen LogP contribution is -2.25. The van der Waals surface area contributed by atoms with Crippen LogP contribution in [0.3, 0.4) is 0 Å². The van der Waals surface area contributed by atoms with Crippen LogP contribution >= 0.6 is 11.8 Å². The number of rotatable bonds is 6. The molecule has 1 aliphatic rings. The summed E-state index contributed by atoms with van der Waals surface area (Å²) in [6.07, 6.45) is 1.11. The lowest BCUT2D eigenvalue weighted by molar-refractivity contribution is -0.123. The summed E-state index contributed by atoms with van der Waals surface area (Å²) in [5.74, 6) is 0.533. The third-order valence-electron chi connectivity index (χ3n) is 3.86. The number of benzene rings is 2. The van der Waals surface area contributed by atoms with E-state index in [0.29, 0.717) is 11.5 Å². The van der Waals surface area contributed by atoms with Gasteiger partial charge in [-0.3, -0.25) is 9.79 Å². The molecule has 146 valence electrons. The average Bonchev–Trinajstić information content (AvgIpc) is 2.72. The van der Waals surface area contributed by atoms with Crippen molar-refractivity contribution in [1.82, 2.24) is 5.43 Å². The fraction of sp³-hybridized carbons (Fsp3) is 0.250. The zero-order valence-electron chi connectivity index (χ0n) is 15.4. The number of aliphatic imine (C=N–C) groups is 1. The van der Waals surface area contributed by atoms with Gasteiger partial charge in [0.1, 0.15) is 11.6 Å². The van der Waals surface area contributed by atoms with E-state index in [1.807, 2.05) is 24.3 Å². The second-order valence-electron chi connectivity index (χ2n) is 6.07. The summed E-state index contributed by atoms with van der Waals surface area (Å²) in [5, 5.41) is 8.32. The maximum absolute atomic E-state index is 13.1. The summed E-state index contributed by atoms with van der Waals surface area (Å²) >= 11 is 1.72. The van der Waals surface area contributed by atoms with Crippen LogP contribution in [-0.4, -0.2) is 35.7 Å². The number of hydrogen-bond acceptors (Lipinski definition) is 6. The third kappa shape index (κ3) is 6.09. The van der Waals surface area contributed by atoms with E-state index in [0.717, 1.165) is 35.1 Å². The molecule has 0 aromatic heterocycles. The Bertz CT molecular complexity index is 884. The lowest BCUT2D eigenvalue weighted by Gasteiger charge is -2.13. The summed E-state index contributed by atoms with van der Waals surface area (Å²) in [4.78, 5) is 16.3. The summed E-state index contributed by atoms with van der Waals surface area (Å²) in [6, 6.07) is 13.4. The summed E-state index contributed by atoms with van der Waals surface area (Å²) < 4.78 is 18.3. The molecule has 0 bridgehead atoms. The smallest absolute Gasteiger partial charge is 0.277 e. The molecule has 0 saturated heterocycles. The van der Waals surface area contributed by atoms with Crippen LogP contribution in [-0.2, 0) is 4.79 Å². The maximum atomic E-state index is 13.1. The van der Waals surface area contributed by atoms with E-state index in [-0.39, 0.29) is 6.61 Å². The van der Waals surface area contributed by atoms with Crippen LogP contribution in [0.5, 0.6) is 5.75 Å². The first-order chi connectivity index (χ1) is 13.6. The molecule has 1 heterocycles. The van der Waals surface area contributed by atoms with Gasteiger partial charge in [-0.25, -0.2) is 9.82 Å². The number of hydrazone groups is 1. The van der Waals surface area contributed by atoms with Gasteiger partial charge in [-0.1, -0.05) is 30.0 Å². The van der Waals surface area contributed by atoms with E-state index in [1.165, 1.54) is 18.2 Å². The molecule has 0 unspecified atom stereocenters. The molecular weight excluding hydrogens is 379 g/mol. The molecular formula is C20H21FN4O2S. The van der Waals surface area contributed by atoms with E-state index >= 15 is 0 Å². The predicted octanol–water partition coefficient (Wildman–Crippen LogP) is 3.65. The Kier molecular flexibility index (Phi) is 7.02. The fourth-order valence-electron chi connectivity index (χ4n) is 2.40.